The zero-order chi connectivity index (χ0) is 15.2. The van der Waals surface area contributed by atoms with E-state index in [1.165, 1.54) is 11.3 Å². The average molecular weight is 328 g/mol. The molecule has 1 saturated heterocycles. The van der Waals surface area contributed by atoms with E-state index >= 15 is 0 Å². The normalized spacial score (nSPS) is 17.5. The van der Waals surface area contributed by atoms with Gasteiger partial charge in [0, 0.05) is 13.2 Å². The number of ether oxygens (including phenoxy) is 2. The fourth-order valence-electron chi connectivity index (χ4n) is 2.11. The standard InChI is InChI=1S/C14H20N2O3S2/c1-3-18-13(17)12-9(2)7-11(21-12)16-14(20)15-8-10-5-4-6-19-10/h7,10H,3-6,8H2,1-2H3,(H2,15,16,20)/t10-/m1/s1. The van der Waals surface area contributed by atoms with Crippen molar-refractivity contribution in [1.29, 1.82) is 0 Å². The van der Waals surface area contributed by atoms with E-state index in [4.69, 9.17) is 21.7 Å². The average Bonchev–Trinajstić information content (AvgIpc) is 3.06. The van der Waals surface area contributed by atoms with Crippen LogP contribution in [0.5, 0.6) is 0 Å². The third-order valence-corrected chi connectivity index (χ3v) is 4.51. The molecule has 2 rings (SSSR count). The Bertz CT molecular complexity index is 510. The van der Waals surface area contributed by atoms with Crippen LogP contribution in [0.25, 0.3) is 0 Å². The van der Waals surface area contributed by atoms with Gasteiger partial charge in [-0.2, -0.15) is 0 Å². The topological polar surface area (TPSA) is 59.6 Å². The first kappa shape index (κ1) is 16.2. The van der Waals surface area contributed by atoms with Crippen molar-refractivity contribution in [2.24, 2.45) is 0 Å². The number of thiocarbonyl (C=S) groups is 1. The summed E-state index contributed by atoms with van der Waals surface area (Å²) in [6, 6.07) is 1.90. The molecule has 0 aliphatic carbocycles. The van der Waals surface area contributed by atoms with E-state index in [9.17, 15) is 4.79 Å². The van der Waals surface area contributed by atoms with Crippen molar-refractivity contribution in [3.8, 4) is 0 Å². The number of hydrogen-bond acceptors (Lipinski definition) is 5. The van der Waals surface area contributed by atoms with Crippen molar-refractivity contribution in [3.63, 3.8) is 0 Å². The Balaban J connectivity index is 1.85. The van der Waals surface area contributed by atoms with Gasteiger partial charge in [0.2, 0.25) is 0 Å². The van der Waals surface area contributed by atoms with Crippen molar-refractivity contribution in [2.45, 2.75) is 32.8 Å². The predicted molar refractivity (Wildman–Crippen MR) is 88.2 cm³/mol. The smallest absolute Gasteiger partial charge is 0.348 e. The van der Waals surface area contributed by atoms with Crippen molar-refractivity contribution in [1.82, 2.24) is 5.32 Å². The maximum absolute atomic E-state index is 11.8. The molecule has 2 N–H and O–H groups in total. The SMILES string of the molecule is CCOC(=O)c1sc(NC(=S)NC[C@H]2CCCO2)cc1C. The molecule has 1 atom stereocenters. The molecule has 2 heterocycles. The zero-order valence-electron chi connectivity index (χ0n) is 12.2. The summed E-state index contributed by atoms with van der Waals surface area (Å²) in [6.45, 7) is 5.60. The fourth-order valence-corrected chi connectivity index (χ4v) is 3.34. The van der Waals surface area contributed by atoms with E-state index in [2.05, 4.69) is 10.6 Å². The molecule has 1 aliphatic rings. The van der Waals surface area contributed by atoms with Gasteiger partial charge in [0.1, 0.15) is 4.88 Å². The van der Waals surface area contributed by atoms with E-state index in [-0.39, 0.29) is 12.1 Å². The molecule has 1 fully saturated rings. The van der Waals surface area contributed by atoms with Crippen LogP contribution in [0.2, 0.25) is 0 Å². The lowest BCUT2D eigenvalue weighted by Crippen LogP contribution is -2.34. The molecule has 0 bridgehead atoms. The van der Waals surface area contributed by atoms with E-state index in [0.717, 1.165) is 30.0 Å². The fraction of sp³-hybridized carbons (Fsp3) is 0.571. The maximum atomic E-state index is 11.8. The maximum Gasteiger partial charge on any atom is 0.348 e. The monoisotopic (exact) mass is 328 g/mol. The van der Waals surface area contributed by atoms with Gasteiger partial charge in [-0.3, -0.25) is 0 Å². The van der Waals surface area contributed by atoms with Gasteiger partial charge in [-0.25, -0.2) is 4.79 Å². The Labute approximate surface area is 134 Å². The lowest BCUT2D eigenvalue weighted by atomic mass is 10.2. The van der Waals surface area contributed by atoms with Gasteiger partial charge in [-0.05, 0) is 50.5 Å². The first-order chi connectivity index (χ1) is 10.1. The predicted octanol–water partition coefficient (Wildman–Crippen LogP) is 2.70. The van der Waals surface area contributed by atoms with Gasteiger partial charge < -0.3 is 20.1 Å². The third-order valence-electron chi connectivity index (χ3n) is 3.13. The molecule has 0 radical (unpaired) electrons. The molecule has 1 aliphatic heterocycles. The van der Waals surface area contributed by atoms with Crippen LogP contribution in [-0.4, -0.2) is 36.9 Å². The van der Waals surface area contributed by atoms with Crippen LogP contribution in [0.4, 0.5) is 5.00 Å². The van der Waals surface area contributed by atoms with Crippen molar-refractivity contribution in [3.05, 3.63) is 16.5 Å². The number of anilines is 1. The number of esters is 1. The molecule has 0 saturated carbocycles. The summed E-state index contributed by atoms with van der Waals surface area (Å²) in [5.74, 6) is -0.286. The van der Waals surface area contributed by atoms with Gasteiger partial charge in [-0.15, -0.1) is 11.3 Å². The number of nitrogens with one attached hydrogen (secondary N) is 2. The van der Waals surface area contributed by atoms with E-state index in [0.29, 0.717) is 23.1 Å². The van der Waals surface area contributed by atoms with Gasteiger partial charge in [0.25, 0.3) is 0 Å². The molecule has 0 unspecified atom stereocenters. The largest absolute Gasteiger partial charge is 0.462 e. The van der Waals surface area contributed by atoms with Gasteiger partial charge in [0.05, 0.1) is 17.7 Å². The summed E-state index contributed by atoms with van der Waals surface area (Å²) in [6.07, 6.45) is 2.42. The van der Waals surface area contributed by atoms with Crippen molar-refractivity contribution in [2.75, 3.05) is 25.1 Å². The van der Waals surface area contributed by atoms with Gasteiger partial charge >= 0.3 is 5.97 Å². The van der Waals surface area contributed by atoms with Gasteiger partial charge in [-0.1, -0.05) is 0 Å². The molecule has 7 heteroatoms. The van der Waals surface area contributed by atoms with Crippen LogP contribution in [0.3, 0.4) is 0 Å². The Hall–Kier alpha value is -1.18. The molecule has 0 amide bonds. The first-order valence-corrected chi connectivity index (χ1v) is 8.26. The minimum absolute atomic E-state index is 0.241. The first-order valence-electron chi connectivity index (χ1n) is 7.04. The highest BCUT2D eigenvalue weighted by Crippen LogP contribution is 2.27. The molecule has 1 aromatic rings. The Morgan fingerprint density at radius 1 is 1.62 bits per heavy atom. The number of thiophene rings is 1. The van der Waals surface area contributed by atoms with Gasteiger partial charge in [0.15, 0.2) is 5.11 Å². The molecule has 21 heavy (non-hydrogen) atoms. The van der Waals surface area contributed by atoms with Crippen LogP contribution < -0.4 is 10.6 Å². The number of carbonyl (C=O) groups is 1. The second kappa shape index (κ2) is 7.72. The molecule has 0 aromatic carbocycles. The van der Waals surface area contributed by atoms with E-state index < -0.39 is 0 Å². The summed E-state index contributed by atoms with van der Waals surface area (Å²) < 4.78 is 10.5. The number of carbonyl (C=O) groups excluding carboxylic acids is 1. The van der Waals surface area contributed by atoms with Crippen LogP contribution in [-0.2, 0) is 9.47 Å². The second-order valence-corrected chi connectivity index (χ2v) is 6.27. The van der Waals surface area contributed by atoms with Crippen LogP contribution in [0.1, 0.15) is 35.0 Å². The highest BCUT2D eigenvalue weighted by Gasteiger charge is 2.17. The lowest BCUT2D eigenvalue weighted by molar-refractivity contribution is 0.0531. The molecule has 0 spiro atoms. The number of aryl methyl sites for hydroxylation is 1. The number of rotatable bonds is 5. The number of hydrogen-bond donors (Lipinski definition) is 2. The molecular formula is C14H20N2O3S2. The minimum Gasteiger partial charge on any atom is -0.462 e. The highest BCUT2D eigenvalue weighted by atomic mass is 32.1. The third kappa shape index (κ3) is 4.66. The summed E-state index contributed by atoms with van der Waals surface area (Å²) in [5.41, 5.74) is 0.892. The van der Waals surface area contributed by atoms with Crippen LogP contribution in [0, 0.1) is 6.92 Å². The second-order valence-electron chi connectivity index (χ2n) is 4.81. The van der Waals surface area contributed by atoms with Crippen molar-refractivity contribution < 1.29 is 14.3 Å². The zero-order valence-corrected chi connectivity index (χ0v) is 13.9. The summed E-state index contributed by atoms with van der Waals surface area (Å²) >= 11 is 6.60. The highest BCUT2D eigenvalue weighted by molar-refractivity contribution is 7.80. The lowest BCUT2D eigenvalue weighted by Gasteiger charge is -2.13. The molecule has 1 aromatic heterocycles. The Kier molecular flexibility index (Phi) is 5.96. The summed E-state index contributed by atoms with van der Waals surface area (Å²) in [7, 11) is 0. The van der Waals surface area contributed by atoms with Crippen LogP contribution in [0.15, 0.2) is 6.07 Å². The summed E-state index contributed by atoms with van der Waals surface area (Å²) in [4.78, 5) is 12.4. The minimum atomic E-state index is -0.286. The molecular weight excluding hydrogens is 308 g/mol. The van der Waals surface area contributed by atoms with Crippen molar-refractivity contribution >= 4 is 39.6 Å². The Morgan fingerprint density at radius 2 is 2.43 bits per heavy atom. The van der Waals surface area contributed by atoms with E-state index in [1.807, 2.05) is 13.0 Å². The molecule has 116 valence electrons. The summed E-state index contributed by atoms with van der Waals surface area (Å²) in [5, 5.41) is 7.62. The Morgan fingerprint density at radius 3 is 3.10 bits per heavy atom. The van der Waals surface area contributed by atoms with Crippen LogP contribution >= 0.6 is 23.6 Å². The quantitative estimate of drug-likeness (QED) is 0.640. The molecule has 5 nitrogen and oxygen atoms in total. The van der Waals surface area contributed by atoms with E-state index in [1.54, 1.807) is 6.92 Å².